The van der Waals surface area contributed by atoms with Gasteiger partial charge in [-0.15, -0.1) is 0 Å². The monoisotopic (exact) mass is 226 g/mol. The summed E-state index contributed by atoms with van der Waals surface area (Å²) in [5.74, 6) is 0.785. The molecule has 0 aromatic heterocycles. The molecule has 0 spiro atoms. The van der Waals surface area contributed by atoms with Crippen LogP contribution < -0.4 is 5.32 Å². The average Bonchev–Trinajstić information content (AvgIpc) is 2.70. The van der Waals surface area contributed by atoms with E-state index >= 15 is 0 Å². The third kappa shape index (κ3) is 4.06. The van der Waals surface area contributed by atoms with Crippen molar-refractivity contribution in [3.05, 3.63) is 0 Å². The van der Waals surface area contributed by atoms with Crippen molar-refractivity contribution in [2.45, 2.75) is 65.5 Å². The Morgan fingerprint density at radius 1 is 1.25 bits per heavy atom. The van der Waals surface area contributed by atoms with Crippen LogP contribution in [0.2, 0.25) is 0 Å². The number of likely N-dealkylation sites (N-methyl/N-ethyl adjacent to an activating group) is 1. The maximum absolute atomic E-state index is 3.73. The SMILES string of the molecule is CCCNC1CCCC1N(CC)CC(C)C. The third-order valence-corrected chi connectivity index (χ3v) is 3.61. The zero-order chi connectivity index (χ0) is 12.0. The maximum Gasteiger partial charge on any atom is 0.0249 e. The smallest absolute Gasteiger partial charge is 0.0249 e. The highest BCUT2D eigenvalue weighted by molar-refractivity contribution is 4.90. The van der Waals surface area contributed by atoms with Crippen molar-refractivity contribution in [3.8, 4) is 0 Å². The molecule has 1 N–H and O–H groups in total. The van der Waals surface area contributed by atoms with Gasteiger partial charge in [0.05, 0.1) is 0 Å². The van der Waals surface area contributed by atoms with Crippen LogP contribution in [0.1, 0.15) is 53.4 Å². The van der Waals surface area contributed by atoms with E-state index in [1.54, 1.807) is 0 Å². The van der Waals surface area contributed by atoms with Gasteiger partial charge in [-0.1, -0.05) is 34.1 Å². The summed E-state index contributed by atoms with van der Waals surface area (Å²) in [6.07, 6.45) is 5.42. The van der Waals surface area contributed by atoms with Crippen LogP contribution in [0.15, 0.2) is 0 Å². The van der Waals surface area contributed by atoms with E-state index in [-0.39, 0.29) is 0 Å². The van der Waals surface area contributed by atoms with Crippen LogP contribution in [0.5, 0.6) is 0 Å². The van der Waals surface area contributed by atoms with Crippen LogP contribution in [0.25, 0.3) is 0 Å². The Hall–Kier alpha value is -0.0800. The van der Waals surface area contributed by atoms with Crippen LogP contribution in [0.4, 0.5) is 0 Å². The highest BCUT2D eigenvalue weighted by Gasteiger charge is 2.30. The number of hydrogen-bond acceptors (Lipinski definition) is 2. The molecule has 2 nitrogen and oxygen atoms in total. The van der Waals surface area contributed by atoms with Crippen LogP contribution >= 0.6 is 0 Å². The summed E-state index contributed by atoms with van der Waals surface area (Å²) in [5, 5.41) is 3.73. The van der Waals surface area contributed by atoms with Gasteiger partial charge in [-0.25, -0.2) is 0 Å². The first kappa shape index (κ1) is 14.0. The second-order valence-electron chi connectivity index (χ2n) is 5.54. The molecule has 1 saturated carbocycles. The molecule has 1 aliphatic rings. The molecule has 2 heteroatoms. The van der Waals surface area contributed by atoms with Gasteiger partial charge in [-0.2, -0.15) is 0 Å². The Bertz CT molecular complexity index is 180. The molecular weight excluding hydrogens is 196 g/mol. The van der Waals surface area contributed by atoms with E-state index in [0.717, 1.165) is 18.0 Å². The maximum atomic E-state index is 3.73. The predicted molar refractivity (Wildman–Crippen MR) is 71.8 cm³/mol. The van der Waals surface area contributed by atoms with Crippen LogP contribution in [0.3, 0.4) is 0 Å². The van der Waals surface area contributed by atoms with E-state index in [2.05, 4.69) is 37.9 Å². The van der Waals surface area contributed by atoms with Crippen molar-refractivity contribution >= 4 is 0 Å². The molecule has 0 heterocycles. The first-order chi connectivity index (χ1) is 7.69. The molecule has 0 aromatic rings. The highest BCUT2D eigenvalue weighted by atomic mass is 15.2. The molecular formula is C14H30N2. The molecule has 0 radical (unpaired) electrons. The Kier molecular flexibility index (Phi) is 6.37. The van der Waals surface area contributed by atoms with E-state index < -0.39 is 0 Å². The first-order valence-corrected chi connectivity index (χ1v) is 7.16. The van der Waals surface area contributed by atoms with E-state index in [0.29, 0.717) is 0 Å². The fraction of sp³-hybridized carbons (Fsp3) is 1.00. The molecule has 0 bridgehead atoms. The molecule has 96 valence electrons. The first-order valence-electron chi connectivity index (χ1n) is 7.16. The fourth-order valence-corrected chi connectivity index (χ4v) is 2.91. The zero-order valence-corrected chi connectivity index (χ0v) is 11.6. The minimum absolute atomic E-state index is 0.749. The lowest BCUT2D eigenvalue weighted by molar-refractivity contribution is 0.162. The van der Waals surface area contributed by atoms with Crippen molar-refractivity contribution in [2.24, 2.45) is 5.92 Å². The summed E-state index contributed by atoms with van der Waals surface area (Å²) in [5.41, 5.74) is 0. The fourth-order valence-electron chi connectivity index (χ4n) is 2.91. The van der Waals surface area contributed by atoms with E-state index in [9.17, 15) is 0 Å². The lowest BCUT2D eigenvalue weighted by Gasteiger charge is -2.33. The topological polar surface area (TPSA) is 15.3 Å². The van der Waals surface area contributed by atoms with Gasteiger partial charge in [0, 0.05) is 18.6 Å². The van der Waals surface area contributed by atoms with Crippen molar-refractivity contribution in [2.75, 3.05) is 19.6 Å². The van der Waals surface area contributed by atoms with Crippen LogP contribution in [0, 0.1) is 5.92 Å². The molecule has 2 atom stereocenters. The standard InChI is InChI=1S/C14H30N2/c1-5-10-15-13-8-7-9-14(13)16(6-2)11-12(3)4/h12-15H,5-11H2,1-4H3. The van der Waals surface area contributed by atoms with E-state index in [1.165, 1.54) is 45.3 Å². The number of nitrogens with zero attached hydrogens (tertiary/aromatic N) is 1. The van der Waals surface area contributed by atoms with E-state index in [4.69, 9.17) is 0 Å². The van der Waals surface area contributed by atoms with Gasteiger partial charge < -0.3 is 5.32 Å². The number of hydrogen-bond donors (Lipinski definition) is 1. The van der Waals surface area contributed by atoms with Crippen molar-refractivity contribution in [1.82, 2.24) is 10.2 Å². The molecule has 0 aromatic carbocycles. The molecule has 2 unspecified atom stereocenters. The largest absolute Gasteiger partial charge is 0.312 e. The predicted octanol–water partition coefficient (Wildman–Crippen LogP) is 2.89. The van der Waals surface area contributed by atoms with Gasteiger partial charge in [-0.3, -0.25) is 4.90 Å². The Morgan fingerprint density at radius 2 is 2.00 bits per heavy atom. The summed E-state index contributed by atoms with van der Waals surface area (Å²) in [4.78, 5) is 2.69. The van der Waals surface area contributed by atoms with Crippen LogP contribution in [-0.2, 0) is 0 Å². The van der Waals surface area contributed by atoms with Gasteiger partial charge in [0.2, 0.25) is 0 Å². The summed E-state index contributed by atoms with van der Waals surface area (Å²) in [6.45, 7) is 12.8. The summed E-state index contributed by atoms with van der Waals surface area (Å²) in [7, 11) is 0. The van der Waals surface area contributed by atoms with Crippen LogP contribution in [-0.4, -0.2) is 36.6 Å². The Balaban J connectivity index is 2.46. The summed E-state index contributed by atoms with van der Waals surface area (Å²) in [6, 6.07) is 1.54. The number of rotatable bonds is 7. The minimum Gasteiger partial charge on any atom is -0.312 e. The highest BCUT2D eigenvalue weighted by Crippen LogP contribution is 2.24. The molecule has 1 fully saturated rings. The van der Waals surface area contributed by atoms with Gasteiger partial charge in [0.1, 0.15) is 0 Å². The normalized spacial score (nSPS) is 25.9. The van der Waals surface area contributed by atoms with Gasteiger partial charge in [0.15, 0.2) is 0 Å². The van der Waals surface area contributed by atoms with E-state index in [1.807, 2.05) is 0 Å². The molecule has 1 rings (SSSR count). The third-order valence-electron chi connectivity index (χ3n) is 3.61. The zero-order valence-electron chi connectivity index (χ0n) is 11.6. The molecule has 0 saturated heterocycles. The second-order valence-corrected chi connectivity index (χ2v) is 5.54. The Labute approximate surface area is 102 Å². The van der Waals surface area contributed by atoms with Gasteiger partial charge >= 0.3 is 0 Å². The lowest BCUT2D eigenvalue weighted by Crippen LogP contribution is -2.48. The number of nitrogens with one attached hydrogen (secondary N) is 1. The second kappa shape index (κ2) is 7.29. The van der Waals surface area contributed by atoms with Crippen molar-refractivity contribution in [1.29, 1.82) is 0 Å². The minimum atomic E-state index is 0.749. The van der Waals surface area contributed by atoms with Gasteiger partial charge in [-0.05, 0) is 38.3 Å². The summed E-state index contributed by atoms with van der Waals surface area (Å²) < 4.78 is 0. The molecule has 1 aliphatic carbocycles. The molecule has 0 aliphatic heterocycles. The quantitative estimate of drug-likeness (QED) is 0.718. The lowest BCUT2D eigenvalue weighted by atomic mass is 10.1. The average molecular weight is 226 g/mol. The van der Waals surface area contributed by atoms with Gasteiger partial charge in [0.25, 0.3) is 0 Å². The molecule has 16 heavy (non-hydrogen) atoms. The van der Waals surface area contributed by atoms with Crippen molar-refractivity contribution < 1.29 is 0 Å². The molecule has 0 amide bonds. The summed E-state index contributed by atoms with van der Waals surface area (Å²) >= 11 is 0. The van der Waals surface area contributed by atoms with Crippen molar-refractivity contribution in [3.63, 3.8) is 0 Å². The Morgan fingerprint density at radius 3 is 2.56 bits per heavy atom.